The van der Waals surface area contributed by atoms with Crippen LogP contribution in [0.3, 0.4) is 0 Å². The Labute approximate surface area is 121 Å². The second-order valence-corrected chi connectivity index (χ2v) is 5.79. The first kappa shape index (κ1) is 14.9. The Balaban J connectivity index is 2.27. The number of nitrogens with one attached hydrogen (secondary N) is 1. The highest BCUT2D eigenvalue weighted by Crippen LogP contribution is 2.28. The number of para-hydroxylation sites is 1. The van der Waals surface area contributed by atoms with E-state index in [1.165, 1.54) is 5.56 Å². The molecule has 1 aromatic rings. The van der Waals surface area contributed by atoms with Gasteiger partial charge >= 0.3 is 6.03 Å². The summed E-state index contributed by atoms with van der Waals surface area (Å²) < 4.78 is 0. The molecule has 0 bridgehead atoms. The molecule has 20 heavy (non-hydrogen) atoms. The summed E-state index contributed by atoms with van der Waals surface area (Å²) >= 11 is 0. The smallest absolute Gasteiger partial charge is 0.323 e. The lowest BCUT2D eigenvalue weighted by Gasteiger charge is -2.38. The highest BCUT2D eigenvalue weighted by atomic mass is 16.2. The molecule has 0 radical (unpaired) electrons. The van der Waals surface area contributed by atoms with Crippen LogP contribution >= 0.6 is 0 Å². The molecule has 0 spiro atoms. The van der Waals surface area contributed by atoms with Crippen LogP contribution < -0.4 is 10.2 Å². The zero-order chi connectivity index (χ0) is 14.7. The first-order chi connectivity index (χ1) is 9.54. The average molecular weight is 275 g/mol. The number of amides is 2. The van der Waals surface area contributed by atoms with Crippen LogP contribution in [-0.2, 0) is 6.54 Å². The molecule has 4 nitrogen and oxygen atoms in total. The Hall–Kier alpha value is -1.55. The predicted molar refractivity (Wildman–Crippen MR) is 83.0 cm³/mol. The number of nitrogens with zero attached hydrogens (tertiary/aromatic N) is 2. The van der Waals surface area contributed by atoms with Gasteiger partial charge in [0.1, 0.15) is 0 Å². The van der Waals surface area contributed by atoms with Gasteiger partial charge in [-0.05, 0) is 24.1 Å². The number of anilines is 1. The number of benzene rings is 1. The molecule has 0 aliphatic carbocycles. The third kappa shape index (κ3) is 2.96. The molecular weight excluding hydrogens is 250 g/mol. The fourth-order valence-electron chi connectivity index (χ4n) is 2.69. The van der Waals surface area contributed by atoms with Gasteiger partial charge in [-0.2, -0.15) is 0 Å². The van der Waals surface area contributed by atoms with Crippen LogP contribution in [0.5, 0.6) is 0 Å². The molecule has 0 saturated carbocycles. The number of likely N-dealkylation sites (N-methyl/N-ethyl adjacent to an activating group) is 1. The summed E-state index contributed by atoms with van der Waals surface area (Å²) in [5.74, 6) is 0.488. The SMILES string of the molecule is CCNC(CN1C(=O)N(C)Cc2ccccc21)C(C)C. The molecular formula is C16H25N3O. The molecule has 1 aliphatic heterocycles. The summed E-state index contributed by atoms with van der Waals surface area (Å²) in [4.78, 5) is 16.2. The van der Waals surface area contributed by atoms with Crippen molar-refractivity contribution in [3.8, 4) is 0 Å². The summed E-state index contributed by atoms with van der Waals surface area (Å²) in [6.07, 6.45) is 0. The van der Waals surface area contributed by atoms with E-state index in [0.29, 0.717) is 25.0 Å². The lowest BCUT2D eigenvalue weighted by molar-refractivity contribution is 0.208. The van der Waals surface area contributed by atoms with E-state index in [4.69, 9.17) is 0 Å². The molecule has 1 aliphatic rings. The van der Waals surface area contributed by atoms with Gasteiger partial charge in [0, 0.05) is 26.2 Å². The summed E-state index contributed by atoms with van der Waals surface area (Å²) in [6.45, 7) is 8.81. The van der Waals surface area contributed by atoms with Crippen molar-refractivity contribution in [3.05, 3.63) is 29.8 Å². The predicted octanol–water partition coefficient (Wildman–Crippen LogP) is 2.69. The lowest BCUT2D eigenvalue weighted by Crippen LogP contribution is -2.52. The van der Waals surface area contributed by atoms with E-state index < -0.39 is 0 Å². The van der Waals surface area contributed by atoms with Gasteiger partial charge in [0.15, 0.2) is 0 Å². The topological polar surface area (TPSA) is 35.6 Å². The maximum atomic E-state index is 12.5. The maximum absolute atomic E-state index is 12.5. The van der Waals surface area contributed by atoms with Gasteiger partial charge in [0.05, 0.1) is 5.69 Å². The lowest BCUT2D eigenvalue weighted by atomic mass is 10.0. The summed E-state index contributed by atoms with van der Waals surface area (Å²) in [5.41, 5.74) is 2.27. The molecule has 1 atom stereocenters. The van der Waals surface area contributed by atoms with Gasteiger partial charge in [0.2, 0.25) is 0 Å². The Morgan fingerprint density at radius 2 is 2.00 bits per heavy atom. The molecule has 2 rings (SSSR count). The van der Waals surface area contributed by atoms with Crippen molar-refractivity contribution in [1.29, 1.82) is 0 Å². The Kier molecular flexibility index (Phi) is 4.65. The Morgan fingerprint density at radius 1 is 1.30 bits per heavy atom. The first-order valence-corrected chi connectivity index (χ1v) is 7.38. The zero-order valence-electron chi connectivity index (χ0n) is 12.9. The molecule has 4 heteroatoms. The first-order valence-electron chi connectivity index (χ1n) is 7.38. The van der Waals surface area contributed by atoms with E-state index in [1.54, 1.807) is 4.90 Å². The summed E-state index contributed by atoms with van der Waals surface area (Å²) in [7, 11) is 1.86. The molecule has 1 heterocycles. The Morgan fingerprint density at radius 3 is 2.65 bits per heavy atom. The van der Waals surface area contributed by atoms with E-state index in [-0.39, 0.29) is 6.03 Å². The second kappa shape index (κ2) is 6.27. The second-order valence-electron chi connectivity index (χ2n) is 5.79. The number of carbonyl (C=O) groups is 1. The minimum Gasteiger partial charge on any atom is -0.323 e. The number of rotatable bonds is 5. The fourth-order valence-corrected chi connectivity index (χ4v) is 2.69. The normalized spacial score (nSPS) is 16.6. The van der Waals surface area contributed by atoms with Crippen LogP contribution in [0.1, 0.15) is 26.3 Å². The van der Waals surface area contributed by atoms with Gasteiger partial charge in [-0.1, -0.05) is 39.0 Å². The van der Waals surface area contributed by atoms with Crippen molar-refractivity contribution in [2.24, 2.45) is 5.92 Å². The number of hydrogen-bond acceptors (Lipinski definition) is 2. The number of carbonyl (C=O) groups excluding carboxylic acids is 1. The van der Waals surface area contributed by atoms with Crippen LogP contribution in [0.2, 0.25) is 0 Å². The number of fused-ring (bicyclic) bond motifs is 1. The monoisotopic (exact) mass is 275 g/mol. The van der Waals surface area contributed by atoms with E-state index in [9.17, 15) is 4.79 Å². The maximum Gasteiger partial charge on any atom is 0.324 e. The highest BCUT2D eigenvalue weighted by molar-refractivity contribution is 5.94. The molecule has 0 fully saturated rings. The average Bonchev–Trinajstić information content (AvgIpc) is 2.42. The molecule has 1 aromatic carbocycles. The fraction of sp³-hybridized carbons (Fsp3) is 0.562. The molecule has 2 amide bonds. The minimum absolute atomic E-state index is 0.0900. The zero-order valence-corrected chi connectivity index (χ0v) is 12.9. The van der Waals surface area contributed by atoms with E-state index in [0.717, 1.165) is 12.2 Å². The van der Waals surface area contributed by atoms with Crippen molar-refractivity contribution in [3.63, 3.8) is 0 Å². The summed E-state index contributed by atoms with van der Waals surface area (Å²) in [5, 5.41) is 3.48. The molecule has 0 aromatic heterocycles. The van der Waals surface area contributed by atoms with Crippen molar-refractivity contribution in [2.75, 3.05) is 25.0 Å². The standard InChI is InChI=1S/C16H25N3O/c1-5-17-14(12(2)3)11-19-15-9-7-6-8-13(15)10-18(4)16(19)20/h6-9,12,14,17H,5,10-11H2,1-4H3. The number of urea groups is 1. The van der Waals surface area contributed by atoms with Crippen molar-refractivity contribution in [2.45, 2.75) is 33.4 Å². The Bertz CT molecular complexity index is 473. The minimum atomic E-state index is 0.0900. The van der Waals surface area contributed by atoms with Gasteiger partial charge < -0.3 is 10.2 Å². The van der Waals surface area contributed by atoms with E-state index in [1.807, 2.05) is 30.1 Å². The third-order valence-corrected chi connectivity index (χ3v) is 3.90. The van der Waals surface area contributed by atoms with Gasteiger partial charge in [-0.25, -0.2) is 4.79 Å². The number of hydrogen-bond donors (Lipinski definition) is 1. The van der Waals surface area contributed by atoms with Gasteiger partial charge in [0.25, 0.3) is 0 Å². The van der Waals surface area contributed by atoms with Crippen LogP contribution in [0.15, 0.2) is 24.3 Å². The highest BCUT2D eigenvalue weighted by Gasteiger charge is 2.30. The van der Waals surface area contributed by atoms with E-state index in [2.05, 4.69) is 32.2 Å². The van der Waals surface area contributed by atoms with Crippen molar-refractivity contribution >= 4 is 11.7 Å². The van der Waals surface area contributed by atoms with Gasteiger partial charge in [-0.15, -0.1) is 0 Å². The molecule has 1 N–H and O–H groups in total. The molecule has 1 unspecified atom stereocenters. The third-order valence-electron chi connectivity index (χ3n) is 3.90. The summed E-state index contributed by atoms with van der Waals surface area (Å²) in [6, 6.07) is 8.58. The van der Waals surface area contributed by atoms with E-state index >= 15 is 0 Å². The molecule has 110 valence electrons. The van der Waals surface area contributed by atoms with Crippen molar-refractivity contribution in [1.82, 2.24) is 10.2 Å². The van der Waals surface area contributed by atoms with Crippen LogP contribution in [0, 0.1) is 5.92 Å². The quantitative estimate of drug-likeness (QED) is 0.897. The molecule has 0 saturated heterocycles. The van der Waals surface area contributed by atoms with Crippen LogP contribution in [-0.4, -0.2) is 37.1 Å². The van der Waals surface area contributed by atoms with Crippen molar-refractivity contribution < 1.29 is 4.79 Å². The van der Waals surface area contributed by atoms with Crippen LogP contribution in [0.25, 0.3) is 0 Å². The van der Waals surface area contributed by atoms with Gasteiger partial charge in [-0.3, -0.25) is 4.90 Å². The largest absolute Gasteiger partial charge is 0.324 e. The van der Waals surface area contributed by atoms with Crippen LogP contribution in [0.4, 0.5) is 10.5 Å².